The van der Waals surface area contributed by atoms with Crippen molar-refractivity contribution in [3.8, 4) is 11.5 Å². The number of ether oxygens (including phenoxy) is 3. The van der Waals surface area contributed by atoms with Crippen molar-refractivity contribution < 1.29 is 14.2 Å². The van der Waals surface area contributed by atoms with E-state index in [1.54, 1.807) is 7.11 Å². The molecule has 168 valence electrons. The van der Waals surface area contributed by atoms with Crippen LogP contribution in [-0.2, 0) is 17.8 Å². The number of methoxy groups -OCH3 is 1. The molecule has 5 rings (SSSR count). The Morgan fingerprint density at radius 2 is 1.81 bits per heavy atom. The minimum atomic E-state index is 0.00995. The third-order valence-corrected chi connectivity index (χ3v) is 6.04. The molecule has 3 heterocycles. The average Bonchev–Trinajstić information content (AvgIpc) is 3.49. The number of rotatable bonds is 8. The smallest absolute Gasteiger partial charge is 0.231 e. The molecule has 0 radical (unpaired) electrons. The van der Waals surface area contributed by atoms with Gasteiger partial charge in [-0.2, -0.15) is 0 Å². The molecule has 0 bridgehead atoms. The van der Waals surface area contributed by atoms with Crippen molar-refractivity contribution in [2.45, 2.75) is 19.1 Å². The fourth-order valence-electron chi connectivity index (χ4n) is 4.38. The molecule has 0 unspecified atom stereocenters. The van der Waals surface area contributed by atoms with E-state index in [0.29, 0.717) is 19.9 Å². The van der Waals surface area contributed by atoms with Gasteiger partial charge in [-0.15, -0.1) is 5.10 Å². The lowest BCUT2D eigenvalue weighted by Gasteiger charge is -2.39. The second-order valence-corrected chi connectivity index (χ2v) is 8.07. The van der Waals surface area contributed by atoms with E-state index in [1.165, 1.54) is 11.1 Å². The highest BCUT2D eigenvalue weighted by Crippen LogP contribution is 2.33. The van der Waals surface area contributed by atoms with Crippen molar-refractivity contribution in [3.63, 3.8) is 0 Å². The third kappa shape index (κ3) is 4.45. The van der Waals surface area contributed by atoms with Gasteiger partial charge in [-0.1, -0.05) is 36.4 Å². The zero-order chi connectivity index (χ0) is 21.8. The van der Waals surface area contributed by atoms with Crippen LogP contribution in [0.25, 0.3) is 0 Å². The maximum Gasteiger partial charge on any atom is 0.231 e. The van der Waals surface area contributed by atoms with E-state index in [4.69, 9.17) is 14.2 Å². The molecule has 0 aliphatic carbocycles. The Kier molecular flexibility index (Phi) is 6.29. The fraction of sp³-hybridized carbons (Fsp3) is 0.435. The summed E-state index contributed by atoms with van der Waals surface area (Å²) in [5.74, 6) is 2.53. The number of tetrazole rings is 1. The van der Waals surface area contributed by atoms with Gasteiger partial charge in [0.05, 0.1) is 19.2 Å². The highest BCUT2D eigenvalue weighted by molar-refractivity contribution is 5.44. The number of hydrogen-bond acceptors (Lipinski definition) is 8. The Morgan fingerprint density at radius 1 is 1.00 bits per heavy atom. The lowest BCUT2D eigenvalue weighted by Crippen LogP contribution is -2.48. The first-order valence-electron chi connectivity index (χ1n) is 11.0. The van der Waals surface area contributed by atoms with E-state index in [2.05, 4.69) is 61.7 Å². The summed E-state index contributed by atoms with van der Waals surface area (Å²) in [7, 11) is 1.69. The molecule has 1 saturated heterocycles. The van der Waals surface area contributed by atoms with E-state index in [9.17, 15) is 0 Å². The number of piperazine rings is 1. The molecule has 0 amide bonds. The minimum Gasteiger partial charge on any atom is -0.454 e. The molecule has 0 saturated carbocycles. The van der Waals surface area contributed by atoms with E-state index in [1.807, 2.05) is 16.8 Å². The van der Waals surface area contributed by atoms with E-state index in [-0.39, 0.29) is 6.04 Å². The van der Waals surface area contributed by atoms with Crippen LogP contribution in [-0.4, -0.2) is 76.7 Å². The first-order valence-corrected chi connectivity index (χ1v) is 11.0. The van der Waals surface area contributed by atoms with Gasteiger partial charge in [0.15, 0.2) is 17.3 Å². The fourth-order valence-corrected chi connectivity index (χ4v) is 4.38. The van der Waals surface area contributed by atoms with Crippen LogP contribution < -0.4 is 9.47 Å². The van der Waals surface area contributed by atoms with Crippen LogP contribution in [0.1, 0.15) is 23.0 Å². The molecule has 2 aliphatic rings. The maximum absolute atomic E-state index is 5.53. The molecule has 9 nitrogen and oxygen atoms in total. The monoisotopic (exact) mass is 436 g/mol. The van der Waals surface area contributed by atoms with E-state index < -0.39 is 0 Å². The van der Waals surface area contributed by atoms with Gasteiger partial charge in [0.1, 0.15) is 0 Å². The highest BCUT2D eigenvalue weighted by atomic mass is 16.7. The Bertz CT molecular complexity index is 1020. The molecule has 1 fully saturated rings. The van der Waals surface area contributed by atoms with Crippen molar-refractivity contribution in [1.82, 2.24) is 30.0 Å². The Hall–Kier alpha value is -3.01. The first-order chi connectivity index (χ1) is 15.8. The summed E-state index contributed by atoms with van der Waals surface area (Å²) in [6, 6.07) is 16.7. The molecular weight excluding hydrogens is 408 g/mol. The molecule has 0 N–H and O–H groups in total. The molecular formula is C23H28N6O3. The first kappa shape index (κ1) is 20.9. The number of nitrogens with zero attached hydrogens (tertiary/aromatic N) is 6. The highest BCUT2D eigenvalue weighted by Gasteiger charge is 2.30. The van der Waals surface area contributed by atoms with Crippen molar-refractivity contribution in [2.24, 2.45) is 0 Å². The van der Waals surface area contributed by atoms with Crippen LogP contribution in [0.4, 0.5) is 0 Å². The predicted molar refractivity (Wildman–Crippen MR) is 117 cm³/mol. The van der Waals surface area contributed by atoms with Crippen molar-refractivity contribution in [2.75, 3.05) is 46.7 Å². The Labute approximate surface area is 187 Å². The van der Waals surface area contributed by atoms with Crippen molar-refractivity contribution >= 4 is 0 Å². The summed E-state index contributed by atoms with van der Waals surface area (Å²) in [5.41, 5.74) is 2.44. The lowest BCUT2D eigenvalue weighted by atomic mass is 10.0. The molecule has 1 atom stereocenters. The molecule has 1 aromatic heterocycles. The quantitative estimate of drug-likeness (QED) is 0.530. The Balaban J connectivity index is 1.29. The number of hydrogen-bond donors (Lipinski definition) is 0. The number of aromatic nitrogens is 4. The summed E-state index contributed by atoms with van der Waals surface area (Å²) in [6.07, 6.45) is 0. The summed E-state index contributed by atoms with van der Waals surface area (Å²) < 4.78 is 18.1. The van der Waals surface area contributed by atoms with Gasteiger partial charge in [0, 0.05) is 39.8 Å². The van der Waals surface area contributed by atoms with Gasteiger partial charge in [-0.25, -0.2) is 4.68 Å². The lowest BCUT2D eigenvalue weighted by molar-refractivity contribution is 0.0988. The van der Waals surface area contributed by atoms with Gasteiger partial charge in [-0.05, 0) is 33.7 Å². The molecule has 0 spiro atoms. The normalized spacial score (nSPS) is 17.5. The van der Waals surface area contributed by atoms with Crippen LogP contribution in [0.5, 0.6) is 11.5 Å². The van der Waals surface area contributed by atoms with Gasteiger partial charge >= 0.3 is 0 Å². The SMILES string of the molecule is COCCn1nnnc1[C@H](c1ccccc1)N1CCN(Cc2ccc3c(c2)OCO3)CC1. The topological polar surface area (TPSA) is 77.8 Å². The van der Waals surface area contributed by atoms with Crippen LogP contribution >= 0.6 is 0 Å². The second kappa shape index (κ2) is 9.64. The van der Waals surface area contributed by atoms with Gasteiger partial charge in [0.2, 0.25) is 6.79 Å². The summed E-state index contributed by atoms with van der Waals surface area (Å²) in [5, 5.41) is 12.6. The largest absolute Gasteiger partial charge is 0.454 e. The van der Waals surface area contributed by atoms with Crippen LogP contribution in [0.3, 0.4) is 0 Å². The number of benzene rings is 2. The van der Waals surface area contributed by atoms with Crippen LogP contribution in [0, 0.1) is 0 Å². The molecule has 9 heteroatoms. The number of fused-ring (bicyclic) bond motifs is 1. The molecule has 2 aliphatic heterocycles. The van der Waals surface area contributed by atoms with Gasteiger partial charge < -0.3 is 14.2 Å². The third-order valence-electron chi connectivity index (χ3n) is 6.04. The maximum atomic E-state index is 5.53. The zero-order valence-electron chi connectivity index (χ0n) is 18.3. The van der Waals surface area contributed by atoms with Crippen molar-refractivity contribution in [3.05, 3.63) is 65.5 Å². The van der Waals surface area contributed by atoms with Crippen molar-refractivity contribution in [1.29, 1.82) is 0 Å². The average molecular weight is 437 g/mol. The standard InChI is InChI=1S/C23H28N6O3/c1-30-14-13-29-23(24-25-26-29)22(19-5-3-2-4-6-19)28-11-9-27(10-12-28)16-18-7-8-20-21(15-18)32-17-31-20/h2-8,15,22H,9-14,16-17H2,1H3/t22-/m0/s1. The summed E-state index contributed by atoms with van der Waals surface area (Å²) in [4.78, 5) is 4.95. The molecule has 2 aromatic carbocycles. The summed E-state index contributed by atoms with van der Waals surface area (Å²) >= 11 is 0. The second-order valence-electron chi connectivity index (χ2n) is 8.07. The van der Waals surface area contributed by atoms with Gasteiger partial charge in [-0.3, -0.25) is 9.80 Å². The van der Waals surface area contributed by atoms with Crippen LogP contribution in [0.2, 0.25) is 0 Å². The van der Waals surface area contributed by atoms with E-state index >= 15 is 0 Å². The van der Waals surface area contributed by atoms with Crippen LogP contribution in [0.15, 0.2) is 48.5 Å². The molecule has 32 heavy (non-hydrogen) atoms. The predicted octanol–water partition coefficient (Wildman–Crippen LogP) is 1.96. The Morgan fingerprint density at radius 3 is 2.62 bits per heavy atom. The summed E-state index contributed by atoms with van der Waals surface area (Å²) in [6.45, 7) is 6.21. The van der Waals surface area contributed by atoms with E-state index in [0.717, 1.165) is 50.0 Å². The minimum absolute atomic E-state index is 0.00995. The molecule has 3 aromatic rings. The van der Waals surface area contributed by atoms with Gasteiger partial charge in [0.25, 0.3) is 0 Å². The zero-order valence-corrected chi connectivity index (χ0v) is 18.3.